The van der Waals surface area contributed by atoms with Gasteiger partial charge < -0.3 is 5.84 Å². The molecule has 0 aromatic carbocycles. The number of hydrogen-bond acceptors (Lipinski definition) is 3. The van der Waals surface area contributed by atoms with Crippen LogP contribution in [-0.2, 0) is 0 Å². The fourth-order valence-corrected chi connectivity index (χ4v) is 0.519. The second-order valence-corrected chi connectivity index (χ2v) is 1.76. The first-order valence-corrected chi connectivity index (χ1v) is 2.50. The predicted octanol–water partition coefficient (Wildman–Crippen LogP) is -0.200. The van der Waals surface area contributed by atoms with Gasteiger partial charge >= 0.3 is 0 Å². The normalized spacial score (nSPS) is 9.44. The molecule has 4 heteroatoms. The van der Waals surface area contributed by atoms with E-state index in [2.05, 4.69) is 4.98 Å². The molecule has 0 aliphatic heterocycles. The van der Waals surface area contributed by atoms with Crippen LogP contribution in [0.5, 0.6) is 0 Å². The second-order valence-electron chi connectivity index (χ2n) is 1.76. The van der Waals surface area contributed by atoms with Crippen molar-refractivity contribution < 1.29 is 4.79 Å². The maximum absolute atomic E-state index is 10.5. The summed E-state index contributed by atoms with van der Waals surface area (Å²) >= 11 is 0. The Hall–Kier alpha value is -1.32. The number of aromatic nitrogens is 2. The second kappa shape index (κ2) is 1.89. The first-order valence-electron chi connectivity index (χ1n) is 2.50. The maximum Gasteiger partial charge on any atom is 0.179 e. The number of rotatable bonds is 1. The van der Waals surface area contributed by atoms with Gasteiger partial charge in [-0.2, -0.15) is 0 Å². The molecule has 1 heterocycles. The van der Waals surface area contributed by atoms with Gasteiger partial charge in [0.15, 0.2) is 5.78 Å². The predicted molar refractivity (Wildman–Crippen MR) is 32.4 cm³/mol. The van der Waals surface area contributed by atoms with Crippen LogP contribution in [0.2, 0.25) is 0 Å². The van der Waals surface area contributed by atoms with Crippen LogP contribution >= 0.6 is 0 Å². The number of hydrogen-bond donors (Lipinski definition) is 1. The molecule has 0 aliphatic rings. The highest BCUT2D eigenvalue weighted by Gasteiger charge is 1.99. The lowest BCUT2D eigenvalue weighted by Crippen LogP contribution is -2.03. The van der Waals surface area contributed by atoms with E-state index in [1.807, 2.05) is 0 Å². The molecule has 1 aromatic heterocycles. The average Bonchev–Trinajstić information content (AvgIpc) is 2.14. The van der Waals surface area contributed by atoms with Crippen LogP contribution in [0.3, 0.4) is 0 Å². The van der Waals surface area contributed by atoms with Crippen molar-refractivity contribution >= 4 is 5.78 Å². The molecule has 0 fully saturated rings. The van der Waals surface area contributed by atoms with Gasteiger partial charge in [0, 0.05) is 6.92 Å². The van der Waals surface area contributed by atoms with Crippen LogP contribution in [0, 0.1) is 0 Å². The number of nitrogen functional groups attached to an aromatic ring is 1. The summed E-state index contributed by atoms with van der Waals surface area (Å²) < 4.78 is 1.25. The lowest BCUT2D eigenvalue weighted by Gasteiger charge is -1.82. The van der Waals surface area contributed by atoms with Crippen molar-refractivity contribution in [1.82, 2.24) is 9.66 Å². The Labute approximate surface area is 52.3 Å². The molecule has 9 heavy (non-hydrogen) atoms. The highest BCUT2D eigenvalue weighted by molar-refractivity contribution is 5.91. The molecule has 0 amide bonds. The average molecular weight is 125 g/mol. The van der Waals surface area contributed by atoms with Crippen LogP contribution in [0.1, 0.15) is 17.4 Å². The Morgan fingerprint density at radius 3 is 2.78 bits per heavy atom. The SMILES string of the molecule is CC(=O)c1cn(N)cn1. The third kappa shape index (κ3) is 1.07. The van der Waals surface area contributed by atoms with Gasteiger partial charge in [-0.05, 0) is 0 Å². The minimum Gasteiger partial charge on any atom is -0.338 e. The van der Waals surface area contributed by atoms with Crippen LogP contribution in [0.15, 0.2) is 12.5 Å². The molecule has 0 radical (unpaired) electrons. The van der Waals surface area contributed by atoms with Gasteiger partial charge in [-0.1, -0.05) is 0 Å². The van der Waals surface area contributed by atoms with Crippen LogP contribution in [-0.4, -0.2) is 15.4 Å². The molecule has 4 nitrogen and oxygen atoms in total. The Morgan fingerprint density at radius 2 is 2.56 bits per heavy atom. The topological polar surface area (TPSA) is 60.9 Å². The van der Waals surface area contributed by atoms with Crippen LogP contribution in [0.25, 0.3) is 0 Å². The molecular formula is C5H7N3O. The lowest BCUT2D eigenvalue weighted by molar-refractivity contribution is 0.101. The smallest absolute Gasteiger partial charge is 0.179 e. The molecule has 0 bridgehead atoms. The van der Waals surface area contributed by atoms with E-state index in [-0.39, 0.29) is 5.78 Å². The number of imidazole rings is 1. The van der Waals surface area contributed by atoms with E-state index in [1.54, 1.807) is 0 Å². The monoisotopic (exact) mass is 125 g/mol. The molecule has 0 spiro atoms. The molecule has 2 N–H and O–H groups in total. The summed E-state index contributed by atoms with van der Waals surface area (Å²) in [4.78, 5) is 14.2. The Morgan fingerprint density at radius 1 is 1.89 bits per heavy atom. The molecule has 0 saturated heterocycles. The Balaban J connectivity index is 2.98. The van der Waals surface area contributed by atoms with E-state index in [4.69, 9.17) is 5.84 Å². The van der Waals surface area contributed by atoms with Gasteiger partial charge in [0.2, 0.25) is 0 Å². The van der Waals surface area contributed by atoms with E-state index >= 15 is 0 Å². The van der Waals surface area contributed by atoms with E-state index in [9.17, 15) is 4.79 Å². The highest BCUT2D eigenvalue weighted by atomic mass is 16.1. The first-order chi connectivity index (χ1) is 4.20. The zero-order chi connectivity index (χ0) is 6.85. The molecule has 0 aliphatic carbocycles. The molecule has 48 valence electrons. The summed E-state index contributed by atoms with van der Waals surface area (Å²) in [6.45, 7) is 1.45. The quantitative estimate of drug-likeness (QED) is 0.417. The zero-order valence-electron chi connectivity index (χ0n) is 5.03. The summed E-state index contributed by atoms with van der Waals surface area (Å²) in [7, 11) is 0. The number of carbonyl (C=O) groups is 1. The zero-order valence-corrected chi connectivity index (χ0v) is 5.03. The maximum atomic E-state index is 10.5. The van der Waals surface area contributed by atoms with Crippen molar-refractivity contribution in [3.8, 4) is 0 Å². The summed E-state index contributed by atoms with van der Waals surface area (Å²) in [6.07, 6.45) is 2.86. The van der Waals surface area contributed by atoms with Crippen LogP contribution in [0.4, 0.5) is 0 Å². The van der Waals surface area contributed by atoms with Gasteiger partial charge in [-0.3, -0.25) is 9.47 Å². The van der Waals surface area contributed by atoms with E-state index < -0.39 is 0 Å². The van der Waals surface area contributed by atoms with E-state index in [0.29, 0.717) is 5.69 Å². The molecule has 1 aromatic rings. The number of ketones is 1. The van der Waals surface area contributed by atoms with Gasteiger partial charge in [-0.15, -0.1) is 0 Å². The molecule has 0 atom stereocenters. The van der Waals surface area contributed by atoms with Crippen molar-refractivity contribution in [1.29, 1.82) is 0 Å². The largest absolute Gasteiger partial charge is 0.338 e. The number of nitrogens with two attached hydrogens (primary N) is 1. The minimum absolute atomic E-state index is 0.0702. The van der Waals surface area contributed by atoms with Gasteiger partial charge in [-0.25, -0.2) is 4.98 Å². The first kappa shape index (κ1) is 5.81. The van der Waals surface area contributed by atoms with Crippen molar-refractivity contribution in [2.45, 2.75) is 6.92 Å². The fraction of sp³-hybridized carbons (Fsp3) is 0.200. The van der Waals surface area contributed by atoms with Gasteiger partial charge in [0.05, 0.1) is 6.20 Å². The standard InChI is InChI=1S/C5H7N3O/c1-4(9)5-2-8(6)3-7-5/h2-3H,6H2,1H3. The third-order valence-electron chi connectivity index (χ3n) is 0.962. The van der Waals surface area contributed by atoms with Crippen LogP contribution < -0.4 is 5.84 Å². The number of carbonyl (C=O) groups excluding carboxylic acids is 1. The van der Waals surface area contributed by atoms with Crippen molar-refractivity contribution in [2.24, 2.45) is 0 Å². The van der Waals surface area contributed by atoms with Crippen molar-refractivity contribution in [2.75, 3.05) is 5.84 Å². The molecule has 0 saturated carbocycles. The summed E-state index contributed by atoms with van der Waals surface area (Å²) in [5.41, 5.74) is 0.400. The number of Topliss-reactive ketones (excluding diaryl/α,β-unsaturated/α-hetero) is 1. The fourth-order valence-electron chi connectivity index (χ4n) is 0.519. The van der Waals surface area contributed by atoms with Gasteiger partial charge in [0.1, 0.15) is 12.0 Å². The van der Waals surface area contributed by atoms with E-state index in [0.717, 1.165) is 0 Å². The Kier molecular flexibility index (Phi) is 1.22. The summed E-state index contributed by atoms with van der Waals surface area (Å²) in [5.74, 6) is 5.15. The van der Waals surface area contributed by atoms with Crippen molar-refractivity contribution in [3.05, 3.63) is 18.2 Å². The molecular weight excluding hydrogens is 118 g/mol. The lowest BCUT2D eigenvalue weighted by atomic mass is 10.3. The number of nitrogens with zero attached hydrogens (tertiary/aromatic N) is 2. The third-order valence-corrected chi connectivity index (χ3v) is 0.962. The Bertz CT molecular complexity index is 228. The summed E-state index contributed by atoms with van der Waals surface area (Å²) in [5, 5.41) is 0. The van der Waals surface area contributed by atoms with E-state index in [1.165, 1.54) is 24.1 Å². The molecule has 0 unspecified atom stereocenters. The summed E-state index contributed by atoms with van der Waals surface area (Å²) in [6, 6.07) is 0. The highest BCUT2D eigenvalue weighted by Crippen LogP contribution is 1.91. The molecule has 1 rings (SSSR count). The minimum atomic E-state index is -0.0702. The van der Waals surface area contributed by atoms with Crippen molar-refractivity contribution in [3.63, 3.8) is 0 Å². The van der Waals surface area contributed by atoms with Gasteiger partial charge in [0.25, 0.3) is 0 Å².